The molecular weight excluding hydrogens is 194 g/mol. The number of amides is 1. The minimum atomic E-state index is -1.03. The third kappa shape index (κ3) is 2.41. The summed E-state index contributed by atoms with van der Waals surface area (Å²) in [6.45, 7) is 4.18. The van der Waals surface area contributed by atoms with Crippen LogP contribution in [-0.4, -0.2) is 41.7 Å². The summed E-state index contributed by atoms with van der Waals surface area (Å²) in [6, 6.07) is 0. The number of aliphatic hydroxyl groups is 1. The van der Waals surface area contributed by atoms with Crippen LogP contribution in [0.25, 0.3) is 0 Å². The smallest absolute Gasteiger partial charge is 0.219 e. The fourth-order valence-electron chi connectivity index (χ4n) is 1.80. The van der Waals surface area contributed by atoms with Crippen molar-refractivity contribution in [3.63, 3.8) is 0 Å². The predicted octanol–water partition coefficient (Wildman–Crippen LogP) is 0.956. The molecule has 1 N–H and O–H groups in total. The lowest BCUT2D eigenvalue weighted by atomic mass is 9.99. The van der Waals surface area contributed by atoms with E-state index in [1.165, 1.54) is 6.92 Å². The summed E-state index contributed by atoms with van der Waals surface area (Å²) in [4.78, 5) is 12.8. The number of hydrogen-bond donors (Lipinski definition) is 1. The Bertz CT molecular complexity index is 312. The number of β-amino-alcohol motifs (C(OH)–C–C–N with tert-alkyl or cyclic N) is 1. The van der Waals surface area contributed by atoms with Gasteiger partial charge in [0.2, 0.25) is 5.91 Å². The number of hydrogen-bond acceptors (Lipinski definition) is 4. The second kappa shape index (κ2) is 4.53. The predicted molar refractivity (Wildman–Crippen MR) is 56.4 cm³/mol. The van der Waals surface area contributed by atoms with Crippen molar-refractivity contribution in [2.45, 2.75) is 25.9 Å². The lowest BCUT2D eigenvalue weighted by Crippen LogP contribution is -2.36. The Morgan fingerprint density at radius 2 is 2.27 bits per heavy atom. The number of azo groups is 1. The molecule has 0 aromatic heterocycles. The van der Waals surface area contributed by atoms with Crippen LogP contribution in [0.3, 0.4) is 0 Å². The molecule has 1 heterocycles. The fourth-order valence-corrected chi connectivity index (χ4v) is 1.80. The maximum Gasteiger partial charge on any atom is 0.219 e. The number of carbonyl (C=O) groups excluding carboxylic acids is 1. The summed E-state index contributed by atoms with van der Waals surface area (Å²) >= 11 is 0. The molecule has 1 saturated heterocycles. The summed E-state index contributed by atoms with van der Waals surface area (Å²) in [5, 5.41) is 17.8. The van der Waals surface area contributed by atoms with Gasteiger partial charge in [0.25, 0.3) is 0 Å². The number of nitrogens with zero attached hydrogens (tertiary/aromatic N) is 3. The first-order chi connectivity index (χ1) is 7.03. The Kier molecular flexibility index (Phi) is 3.57. The highest BCUT2D eigenvalue weighted by atomic mass is 16.3. The van der Waals surface area contributed by atoms with Crippen LogP contribution < -0.4 is 0 Å². The van der Waals surface area contributed by atoms with Gasteiger partial charge in [-0.2, -0.15) is 10.2 Å². The van der Waals surface area contributed by atoms with Gasteiger partial charge in [-0.3, -0.25) is 4.79 Å². The minimum Gasteiger partial charge on any atom is -0.382 e. The first kappa shape index (κ1) is 11.8. The van der Waals surface area contributed by atoms with Crippen molar-refractivity contribution in [3.05, 3.63) is 11.8 Å². The van der Waals surface area contributed by atoms with E-state index in [2.05, 4.69) is 10.2 Å². The average Bonchev–Trinajstić information content (AvgIpc) is 2.58. The molecule has 0 aliphatic carbocycles. The van der Waals surface area contributed by atoms with Gasteiger partial charge in [-0.25, -0.2) is 0 Å². The molecule has 1 atom stereocenters. The van der Waals surface area contributed by atoms with Gasteiger partial charge >= 0.3 is 0 Å². The normalized spacial score (nSPS) is 27.7. The molecule has 1 unspecified atom stereocenters. The molecular formula is C10H17N3O2. The number of likely N-dealkylation sites (tertiary alicyclic amines) is 1. The highest BCUT2D eigenvalue weighted by Gasteiger charge is 2.40. The minimum absolute atomic E-state index is 0.0187. The Balaban J connectivity index is 2.82. The van der Waals surface area contributed by atoms with Crippen molar-refractivity contribution in [1.82, 2.24) is 4.90 Å². The lowest BCUT2D eigenvalue weighted by molar-refractivity contribution is -0.128. The van der Waals surface area contributed by atoms with Crippen molar-refractivity contribution in [3.8, 4) is 0 Å². The lowest BCUT2D eigenvalue weighted by Gasteiger charge is -2.22. The van der Waals surface area contributed by atoms with Crippen LogP contribution in [0.5, 0.6) is 0 Å². The Labute approximate surface area is 89.5 Å². The third-order valence-electron chi connectivity index (χ3n) is 2.65. The van der Waals surface area contributed by atoms with E-state index in [9.17, 15) is 9.90 Å². The molecule has 1 aliphatic rings. The van der Waals surface area contributed by atoms with Crippen LogP contribution in [0.15, 0.2) is 22.0 Å². The van der Waals surface area contributed by atoms with Gasteiger partial charge in [0.05, 0.1) is 12.2 Å². The van der Waals surface area contributed by atoms with Crippen LogP contribution >= 0.6 is 0 Å². The van der Waals surface area contributed by atoms with Gasteiger partial charge in [-0.1, -0.05) is 6.08 Å². The highest BCUT2D eigenvalue weighted by Crippen LogP contribution is 2.29. The largest absolute Gasteiger partial charge is 0.382 e. The van der Waals surface area contributed by atoms with Crippen LogP contribution in [0.2, 0.25) is 0 Å². The van der Waals surface area contributed by atoms with Crippen LogP contribution in [-0.2, 0) is 4.79 Å². The average molecular weight is 211 g/mol. The SMILES string of the molecule is C/C=C(\N=NC)C1(O)CCN(C(C)=O)C1. The zero-order valence-corrected chi connectivity index (χ0v) is 9.40. The maximum absolute atomic E-state index is 11.1. The highest BCUT2D eigenvalue weighted by molar-refractivity contribution is 5.73. The fraction of sp³-hybridized carbons (Fsp3) is 0.700. The van der Waals surface area contributed by atoms with Crippen molar-refractivity contribution in [2.24, 2.45) is 10.2 Å². The molecule has 0 spiro atoms. The van der Waals surface area contributed by atoms with Crippen LogP contribution in [0.1, 0.15) is 20.3 Å². The van der Waals surface area contributed by atoms with E-state index in [1.54, 1.807) is 24.9 Å². The van der Waals surface area contributed by atoms with Crippen LogP contribution in [0, 0.1) is 0 Å². The van der Waals surface area contributed by atoms with Gasteiger partial charge in [0, 0.05) is 26.9 Å². The monoisotopic (exact) mass is 211 g/mol. The molecule has 1 amide bonds. The molecule has 1 rings (SSSR count). The van der Waals surface area contributed by atoms with Gasteiger partial charge in [0.15, 0.2) is 0 Å². The first-order valence-corrected chi connectivity index (χ1v) is 4.98. The number of rotatable bonds is 2. The molecule has 1 aliphatic heterocycles. The second-order valence-corrected chi connectivity index (χ2v) is 3.70. The summed E-state index contributed by atoms with van der Waals surface area (Å²) in [6.07, 6.45) is 2.25. The Hall–Kier alpha value is -1.23. The Morgan fingerprint density at radius 3 is 2.67 bits per heavy atom. The van der Waals surface area contributed by atoms with Crippen molar-refractivity contribution in [1.29, 1.82) is 0 Å². The summed E-state index contributed by atoms with van der Waals surface area (Å²) in [5.41, 5.74) is -0.492. The molecule has 5 nitrogen and oxygen atoms in total. The van der Waals surface area contributed by atoms with E-state index in [1.807, 2.05) is 0 Å². The molecule has 15 heavy (non-hydrogen) atoms. The quantitative estimate of drug-likeness (QED) is 0.691. The number of allylic oxidation sites excluding steroid dienone is 1. The van der Waals surface area contributed by atoms with Gasteiger partial charge in [-0.15, -0.1) is 0 Å². The van der Waals surface area contributed by atoms with Crippen LogP contribution in [0.4, 0.5) is 0 Å². The van der Waals surface area contributed by atoms with E-state index in [4.69, 9.17) is 0 Å². The van der Waals surface area contributed by atoms with Gasteiger partial charge in [0.1, 0.15) is 5.60 Å². The summed E-state index contributed by atoms with van der Waals surface area (Å²) in [7, 11) is 1.56. The van der Waals surface area contributed by atoms with E-state index in [0.717, 1.165) is 0 Å². The van der Waals surface area contributed by atoms with E-state index in [-0.39, 0.29) is 5.91 Å². The summed E-state index contributed by atoms with van der Waals surface area (Å²) < 4.78 is 0. The molecule has 5 heteroatoms. The zero-order chi connectivity index (χ0) is 11.5. The van der Waals surface area contributed by atoms with Crippen molar-refractivity contribution in [2.75, 3.05) is 20.1 Å². The first-order valence-electron chi connectivity index (χ1n) is 4.98. The second-order valence-electron chi connectivity index (χ2n) is 3.70. The molecule has 0 bridgehead atoms. The van der Waals surface area contributed by atoms with Crippen molar-refractivity contribution < 1.29 is 9.90 Å². The van der Waals surface area contributed by atoms with Crippen molar-refractivity contribution >= 4 is 5.91 Å². The molecule has 0 aromatic rings. The van der Waals surface area contributed by atoms with Gasteiger partial charge < -0.3 is 10.0 Å². The maximum atomic E-state index is 11.1. The third-order valence-corrected chi connectivity index (χ3v) is 2.65. The standard InChI is InChI=1S/C10H17N3O2/c1-4-9(12-11-3)10(15)5-6-13(7-10)8(2)14/h4,15H,5-7H2,1-3H3/b9-4-,12-11?. The molecule has 0 radical (unpaired) electrons. The molecule has 0 aromatic carbocycles. The van der Waals surface area contributed by atoms with Gasteiger partial charge in [-0.05, 0) is 6.92 Å². The van der Waals surface area contributed by atoms with E-state index >= 15 is 0 Å². The molecule has 0 saturated carbocycles. The van der Waals surface area contributed by atoms with E-state index in [0.29, 0.717) is 25.2 Å². The summed E-state index contributed by atoms with van der Waals surface area (Å²) in [5.74, 6) is -0.0187. The van der Waals surface area contributed by atoms with E-state index < -0.39 is 5.60 Å². The Morgan fingerprint density at radius 1 is 1.60 bits per heavy atom. The number of carbonyl (C=O) groups is 1. The molecule has 1 fully saturated rings. The zero-order valence-electron chi connectivity index (χ0n) is 9.40. The topological polar surface area (TPSA) is 65.3 Å². The molecule has 84 valence electrons.